The number of likely N-dealkylation sites (tertiary alicyclic amines) is 1. The molecule has 1 aliphatic heterocycles. The number of carbonyl (C=O) groups excluding carboxylic acids is 1. The predicted molar refractivity (Wildman–Crippen MR) is 123 cm³/mol. The third-order valence-corrected chi connectivity index (χ3v) is 6.01. The number of aromatic nitrogens is 2. The molecule has 1 amide bonds. The zero-order valence-electron chi connectivity index (χ0n) is 17.9. The molecule has 2 aliphatic rings. The van der Waals surface area contributed by atoms with Gasteiger partial charge in [-0.1, -0.05) is 6.08 Å². The summed E-state index contributed by atoms with van der Waals surface area (Å²) in [6.45, 7) is 2.50. The Bertz CT molecular complexity index is 1010. The Hall–Kier alpha value is -3.13. The third kappa shape index (κ3) is 4.96. The lowest BCUT2D eigenvalue weighted by molar-refractivity contribution is -0.125. The summed E-state index contributed by atoms with van der Waals surface area (Å²) < 4.78 is 0. The van der Waals surface area contributed by atoms with Crippen molar-refractivity contribution in [1.82, 2.24) is 14.9 Å². The maximum absolute atomic E-state index is 12.9. The van der Waals surface area contributed by atoms with Crippen LogP contribution in [-0.2, 0) is 4.79 Å². The van der Waals surface area contributed by atoms with Gasteiger partial charge in [0.1, 0.15) is 11.5 Å². The summed E-state index contributed by atoms with van der Waals surface area (Å²) in [5.74, 6) is 1.37. The van der Waals surface area contributed by atoms with Crippen molar-refractivity contribution in [2.45, 2.75) is 25.3 Å². The van der Waals surface area contributed by atoms with Crippen LogP contribution in [0, 0.1) is 5.92 Å². The van der Waals surface area contributed by atoms with Gasteiger partial charge >= 0.3 is 0 Å². The number of rotatable bonds is 8. The molecule has 31 heavy (non-hydrogen) atoms. The van der Waals surface area contributed by atoms with Gasteiger partial charge in [-0.25, -0.2) is 4.98 Å². The van der Waals surface area contributed by atoms with Gasteiger partial charge in [-0.15, -0.1) is 0 Å². The van der Waals surface area contributed by atoms with Crippen LogP contribution in [0.5, 0.6) is 0 Å². The standard InChI is InChI=1S/C23H30N6O2/c1-25-21-12-17(6-9-26-21)18-11-20(23(31)27-13-18)29(14-16-4-5-16)19-7-10-28(15-19)22(30)3-2-8-24/h2-3,6,9,11-13,16,19H,4-5,7-8,10,14-15,24H2,1H3,(H,25,26)(H,27,31)/t19-/m0/s1. The Morgan fingerprint density at radius 1 is 1.35 bits per heavy atom. The summed E-state index contributed by atoms with van der Waals surface area (Å²) in [6.07, 6.45) is 9.96. The lowest BCUT2D eigenvalue weighted by atomic mass is 10.1. The van der Waals surface area contributed by atoms with Crippen LogP contribution in [0.4, 0.5) is 11.5 Å². The first-order chi connectivity index (χ1) is 15.1. The molecule has 8 nitrogen and oxygen atoms in total. The first-order valence-corrected chi connectivity index (χ1v) is 10.9. The van der Waals surface area contributed by atoms with E-state index in [0.29, 0.717) is 31.2 Å². The fourth-order valence-electron chi connectivity index (χ4n) is 4.09. The number of H-pyrrole nitrogens is 1. The first-order valence-electron chi connectivity index (χ1n) is 10.9. The molecule has 8 heteroatoms. The van der Waals surface area contributed by atoms with E-state index in [4.69, 9.17) is 5.73 Å². The zero-order chi connectivity index (χ0) is 21.8. The second kappa shape index (κ2) is 9.34. The minimum absolute atomic E-state index is 0.0154. The molecule has 0 unspecified atom stereocenters. The van der Waals surface area contributed by atoms with Gasteiger partial charge < -0.3 is 25.8 Å². The van der Waals surface area contributed by atoms with Crippen LogP contribution in [0.2, 0.25) is 0 Å². The highest BCUT2D eigenvalue weighted by molar-refractivity contribution is 5.88. The second-order valence-electron chi connectivity index (χ2n) is 8.24. The number of nitrogens with two attached hydrogens (primary N) is 1. The molecule has 2 aromatic rings. The molecule has 4 rings (SSSR count). The van der Waals surface area contributed by atoms with Gasteiger partial charge in [-0.3, -0.25) is 9.59 Å². The molecule has 2 aromatic heterocycles. The summed E-state index contributed by atoms with van der Waals surface area (Å²) in [4.78, 5) is 36.5. The summed E-state index contributed by atoms with van der Waals surface area (Å²) in [5, 5.41) is 3.05. The van der Waals surface area contributed by atoms with E-state index in [1.807, 2.05) is 30.1 Å². The minimum atomic E-state index is -0.0971. The van der Waals surface area contributed by atoms with Crippen molar-refractivity contribution >= 4 is 17.4 Å². The molecule has 2 fully saturated rings. The van der Waals surface area contributed by atoms with E-state index >= 15 is 0 Å². The third-order valence-electron chi connectivity index (χ3n) is 6.01. The first kappa shape index (κ1) is 21.1. The van der Waals surface area contributed by atoms with Crippen LogP contribution in [0.25, 0.3) is 11.1 Å². The number of carbonyl (C=O) groups is 1. The molecule has 0 spiro atoms. The Balaban J connectivity index is 1.61. The lowest BCUT2D eigenvalue weighted by Gasteiger charge is -2.31. The van der Waals surface area contributed by atoms with Gasteiger partial charge in [-0.2, -0.15) is 0 Å². The van der Waals surface area contributed by atoms with Gasteiger partial charge in [0, 0.05) is 63.3 Å². The molecule has 1 aliphatic carbocycles. The van der Waals surface area contributed by atoms with E-state index < -0.39 is 0 Å². The largest absolute Gasteiger partial charge is 0.373 e. The van der Waals surface area contributed by atoms with Crippen LogP contribution in [0.15, 0.2) is 47.5 Å². The molecule has 0 bridgehead atoms. The molecule has 0 radical (unpaired) electrons. The predicted octanol–water partition coefficient (Wildman–Crippen LogP) is 1.81. The number of hydrogen-bond acceptors (Lipinski definition) is 6. The van der Waals surface area contributed by atoms with E-state index in [1.165, 1.54) is 12.8 Å². The fraction of sp³-hybridized carbons (Fsp3) is 0.435. The highest BCUT2D eigenvalue weighted by atomic mass is 16.2. The Kier molecular flexibility index (Phi) is 6.36. The van der Waals surface area contributed by atoms with Crippen molar-refractivity contribution in [2.75, 3.05) is 43.4 Å². The van der Waals surface area contributed by atoms with Crippen LogP contribution in [0.1, 0.15) is 19.3 Å². The van der Waals surface area contributed by atoms with E-state index in [9.17, 15) is 9.59 Å². The molecule has 4 N–H and O–H groups in total. The number of anilines is 2. The van der Waals surface area contributed by atoms with Crippen LogP contribution >= 0.6 is 0 Å². The monoisotopic (exact) mass is 422 g/mol. The van der Waals surface area contributed by atoms with Crippen molar-refractivity contribution in [3.8, 4) is 11.1 Å². The van der Waals surface area contributed by atoms with Crippen molar-refractivity contribution in [3.63, 3.8) is 0 Å². The van der Waals surface area contributed by atoms with Crippen LogP contribution in [0.3, 0.4) is 0 Å². The van der Waals surface area contributed by atoms with Crippen molar-refractivity contribution in [1.29, 1.82) is 0 Å². The van der Waals surface area contributed by atoms with Crippen molar-refractivity contribution < 1.29 is 4.79 Å². The fourth-order valence-corrected chi connectivity index (χ4v) is 4.09. The van der Waals surface area contributed by atoms with E-state index in [1.54, 1.807) is 24.5 Å². The number of pyridine rings is 2. The van der Waals surface area contributed by atoms with E-state index in [2.05, 4.69) is 20.2 Å². The highest BCUT2D eigenvalue weighted by Crippen LogP contribution is 2.34. The van der Waals surface area contributed by atoms with Gasteiger partial charge in [0.25, 0.3) is 5.56 Å². The quantitative estimate of drug-likeness (QED) is 0.560. The lowest BCUT2D eigenvalue weighted by Crippen LogP contribution is -2.42. The Morgan fingerprint density at radius 2 is 2.19 bits per heavy atom. The normalized spacial score (nSPS) is 18.5. The molecular formula is C23H30N6O2. The van der Waals surface area contributed by atoms with Gasteiger partial charge in [0.15, 0.2) is 0 Å². The summed E-state index contributed by atoms with van der Waals surface area (Å²) in [7, 11) is 1.83. The summed E-state index contributed by atoms with van der Waals surface area (Å²) >= 11 is 0. The number of nitrogens with zero attached hydrogens (tertiary/aromatic N) is 3. The zero-order valence-corrected chi connectivity index (χ0v) is 17.9. The topological polar surface area (TPSA) is 107 Å². The van der Waals surface area contributed by atoms with E-state index in [-0.39, 0.29) is 17.5 Å². The number of amides is 1. The molecular weight excluding hydrogens is 392 g/mol. The van der Waals surface area contributed by atoms with Crippen LogP contribution < -0.4 is 21.5 Å². The summed E-state index contributed by atoms with van der Waals surface area (Å²) in [6, 6.07) is 5.98. The molecule has 164 valence electrons. The number of nitrogens with one attached hydrogen (secondary N) is 2. The molecule has 0 aromatic carbocycles. The average Bonchev–Trinajstić information content (AvgIpc) is 3.49. The van der Waals surface area contributed by atoms with Crippen LogP contribution in [-0.4, -0.2) is 60.0 Å². The number of aromatic amines is 1. The Morgan fingerprint density at radius 3 is 2.94 bits per heavy atom. The molecule has 1 saturated carbocycles. The van der Waals surface area contributed by atoms with Crippen molar-refractivity contribution in [2.24, 2.45) is 11.7 Å². The summed E-state index contributed by atoms with van der Waals surface area (Å²) in [5.41, 5.74) is 7.97. The second-order valence-corrected chi connectivity index (χ2v) is 8.24. The average molecular weight is 423 g/mol. The molecule has 3 heterocycles. The van der Waals surface area contributed by atoms with E-state index in [0.717, 1.165) is 29.9 Å². The van der Waals surface area contributed by atoms with Gasteiger partial charge in [0.2, 0.25) is 5.91 Å². The molecule has 1 atom stereocenters. The minimum Gasteiger partial charge on any atom is -0.373 e. The van der Waals surface area contributed by atoms with Crippen molar-refractivity contribution in [3.05, 3.63) is 53.1 Å². The SMILES string of the molecule is CNc1cc(-c2c[nH]c(=O)c(N(CC3CC3)[C@H]3CCN(C(=O)C=CCN)C3)c2)ccn1. The van der Waals surface area contributed by atoms with Gasteiger partial charge in [-0.05, 0) is 48.9 Å². The molecule has 1 saturated heterocycles. The smallest absolute Gasteiger partial charge is 0.271 e. The Labute approximate surface area is 182 Å². The maximum atomic E-state index is 12.9. The maximum Gasteiger partial charge on any atom is 0.271 e. The van der Waals surface area contributed by atoms with Gasteiger partial charge in [0.05, 0.1) is 0 Å². The number of hydrogen-bond donors (Lipinski definition) is 3. The highest BCUT2D eigenvalue weighted by Gasteiger charge is 2.34.